The molecule has 2 N–H and O–H groups in total. The lowest BCUT2D eigenvalue weighted by Gasteiger charge is -2.07. The van der Waals surface area contributed by atoms with Crippen molar-refractivity contribution in [3.05, 3.63) is 58.6 Å². The van der Waals surface area contributed by atoms with Gasteiger partial charge in [-0.15, -0.1) is 0 Å². The van der Waals surface area contributed by atoms with E-state index in [-0.39, 0.29) is 22.7 Å². The van der Waals surface area contributed by atoms with E-state index in [1.165, 1.54) is 24.3 Å². The van der Waals surface area contributed by atoms with Crippen LogP contribution in [0.15, 0.2) is 36.4 Å². The van der Waals surface area contributed by atoms with Crippen LogP contribution in [0.25, 0.3) is 11.1 Å². The van der Waals surface area contributed by atoms with Crippen LogP contribution in [0.1, 0.15) is 5.56 Å². The Morgan fingerprint density at radius 3 is 2.06 bits per heavy atom. The number of hydrogen-bond donors (Lipinski definition) is 1. The molecule has 0 unspecified atom stereocenters. The van der Waals surface area contributed by atoms with Crippen LogP contribution in [-0.2, 0) is 6.54 Å². The molecule has 0 aromatic heterocycles. The van der Waals surface area contributed by atoms with Crippen molar-refractivity contribution >= 4 is 11.6 Å². The maximum atomic E-state index is 13.7. The molecule has 17 heavy (non-hydrogen) atoms. The summed E-state index contributed by atoms with van der Waals surface area (Å²) in [4.78, 5) is 0. The van der Waals surface area contributed by atoms with Crippen molar-refractivity contribution in [1.82, 2.24) is 0 Å². The molecule has 1 nitrogen and oxygen atoms in total. The molecule has 2 aromatic carbocycles. The van der Waals surface area contributed by atoms with E-state index in [0.29, 0.717) is 5.56 Å². The minimum Gasteiger partial charge on any atom is -0.326 e. The first-order valence-electron chi connectivity index (χ1n) is 5.05. The molecule has 0 aliphatic carbocycles. The molecule has 0 aliphatic rings. The summed E-state index contributed by atoms with van der Waals surface area (Å²) in [6.45, 7) is 0.250. The van der Waals surface area contributed by atoms with Crippen LogP contribution in [0.5, 0.6) is 0 Å². The van der Waals surface area contributed by atoms with Crippen molar-refractivity contribution in [3.63, 3.8) is 0 Å². The third kappa shape index (κ3) is 2.46. The highest BCUT2D eigenvalue weighted by Crippen LogP contribution is 2.28. The Kier molecular flexibility index (Phi) is 3.41. The van der Waals surface area contributed by atoms with Crippen LogP contribution in [0.4, 0.5) is 8.78 Å². The van der Waals surface area contributed by atoms with Gasteiger partial charge in [-0.1, -0.05) is 23.7 Å². The third-order valence-corrected chi connectivity index (χ3v) is 2.73. The zero-order valence-corrected chi connectivity index (χ0v) is 9.64. The van der Waals surface area contributed by atoms with Crippen LogP contribution < -0.4 is 5.73 Å². The van der Waals surface area contributed by atoms with Crippen LogP contribution in [-0.4, -0.2) is 0 Å². The van der Waals surface area contributed by atoms with Gasteiger partial charge in [0.2, 0.25) is 0 Å². The summed E-state index contributed by atoms with van der Waals surface area (Å²) in [5.74, 6) is -1.04. The lowest BCUT2D eigenvalue weighted by Crippen LogP contribution is -1.98. The van der Waals surface area contributed by atoms with Crippen LogP contribution in [0.2, 0.25) is 5.02 Å². The van der Waals surface area contributed by atoms with Gasteiger partial charge < -0.3 is 5.73 Å². The predicted molar refractivity (Wildman–Crippen MR) is 64.7 cm³/mol. The normalized spacial score (nSPS) is 10.6. The molecule has 0 heterocycles. The van der Waals surface area contributed by atoms with Crippen molar-refractivity contribution in [2.24, 2.45) is 5.73 Å². The number of nitrogens with two attached hydrogens (primary N) is 1. The Morgan fingerprint density at radius 1 is 0.941 bits per heavy atom. The van der Waals surface area contributed by atoms with E-state index >= 15 is 0 Å². The van der Waals surface area contributed by atoms with Crippen molar-refractivity contribution in [3.8, 4) is 11.1 Å². The zero-order chi connectivity index (χ0) is 12.4. The molecular weight excluding hydrogens is 244 g/mol. The van der Waals surface area contributed by atoms with Gasteiger partial charge in [-0.3, -0.25) is 0 Å². The van der Waals surface area contributed by atoms with Gasteiger partial charge in [-0.25, -0.2) is 8.78 Å². The van der Waals surface area contributed by atoms with Gasteiger partial charge in [0.1, 0.15) is 11.6 Å². The van der Waals surface area contributed by atoms with Gasteiger partial charge >= 0.3 is 0 Å². The largest absolute Gasteiger partial charge is 0.326 e. The van der Waals surface area contributed by atoms with Crippen LogP contribution >= 0.6 is 11.6 Å². The van der Waals surface area contributed by atoms with Crippen LogP contribution in [0, 0.1) is 11.6 Å². The van der Waals surface area contributed by atoms with E-state index in [1.807, 2.05) is 0 Å². The molecule has 0 saturated carbocycles. The Morgan fingerprint density at radius 2 is 1.53 bits per heavy atom. The highest BCUT2D eigenvalue weighted by molar-refractivity contribution is 6.30. The molecule has 2 aromatic rings. The first-order chi connectivity index (χ1) is 8.11. The maximum absolute atomic E-state index is 13.7. The fraction of sp³-hybridized carbons (Fsp3) is 0.0769. The van der Waals surface area contributed by atoms with E-state index in [0.717, 1.165) is 6.07 Å². The first kappa shape index (κ1) is 12.0. The van der Waals surface area contributed by atoms with E-state index in [4.69, 9.17) is 17.3 Å². The highest BCUT2D eigenvalue weighted by atomic mass is 35.5. The minimum absolute atomic E-state index is 0.190. The molecule has 0 radical (unpaired) electrons. The quantitative estimate of drug-likeness (QED) is 0.867. The summed E-state index contributed by atoms with van der Waals surface area (Å²) in [6, 6.07) is 8.64. The lowest BCUT2D eigenvalue weighted by atomic mass is 10.0. The van der Waals surface area contributed by atoms with E-state index in [9.17, 15) is 8.78 Å². The van der Waals surface area contributed by atoms with Gasteiger partial charge in [0, 0.05) is 22.7 Å². The first-order valence-corrected chi connectivity index (χ1v) is 5.43. The standard InChI is InChI=1S/C13H10ClF2N/c14-9-2-4-11(13(16)6-9)10-3-1-8(7-17)5-12(10)15/h1-6H,7,17H2. The smallest absolute Gasteiger partial charge is 0.132 e. The maximum Gasteiger partial charge on any atom is 0.132 e. The van der Waals surface area contributed by atoms with Gasteiger partial charge in [0.25, 0.3) is 0 Å². The summed E-state index contributed by atoms with van der Waals surface area (Å²) in [6.07, 6.45) is 0. The number of halogens is 3. The molecule has 0 amide bonds. The molecule has 0 bridgehead atoms. The topological polar surface area (TPSA) is 26.0 Å². The Labute approximate surface area is 103 Å². The third-order valence-electron chi connectivity index (χ3n) is 2.49. The molecule has 0 saturated heterocycles. The summed E-state index contributed by atoms with van der Waals surface area (Å²) in [5.41, 5.74) is 6.46. The molecule has 4 heteroatoms. The molecule has 0 fully saturated rings. The van der Waals surface area contributed by atoms with Crippen molar-refractivity contribution < 1.29 is 8.78 Å². The number of benzene rings is 2. The second-order valence-corrected chi connectivity index (χ2v) is 4.08. The van der Waals surface area contributed by atoms with Crippen molar-refractivity contribution in [1.29, 1.82) is 0 Å². The van der Waals surface area contributed by atoms with Crippen LogP contribution in [0.3, 0.4) is 0 Å². The molecule has 0 aliphatic heterocycles. The van der Waals surface area contributed by atoms with Gasteiger partial charge in [-0.2, -0.15) is 0 Å². The number of rotatable bonds is 2. The summed E-state index contributed by atoms with van der Waals surface area (Å²) >= 11 is 5.64. The molecule has 2 rings (SSSR count). The average molecular weight is 254 g/mol. The molecule has 88 valence electrons. The Bertz CT molecular complexity index is 555. The Balaban J connectivity index is 2.53. The van der Waals surface area contributed by atoms with Crippen molar-refractivity contribution in [2.45, 2.75) is 6.54 Å². The number of hydrogen-bond acceptors (Lipinski definition) is 1. The SMILES string of the molecule is NCc1ccc(-c2ccc(Cl)cc2F)c(F)c1. The summed E-state index contributed by atoms with van der Waals surface area (Å²) < 4.78 is 27.4. The molecule has 0 spiro atoms. The van der Waals surface area contributed by atoms with E-state index in [1.54, 1.807) is 6.07 Å². The highest BCUT2D eigenvalue weighted by Gasteiger charge is 2.10. The van der Waals surface area contributed by atoms with Gasteiger partial charge in [0.05, 0.1) is 0 Å². The summed E-state index contributed by atoms with van der Waals surface area (Å²) in [5, 5.41) is 0.283. The molecule has 0 atom stereocenters. The van der Waals surface area contributed by atoms with Gasteiger partial charge in [0.15, 0.2) is 0 Å². The lowest BCUT2D eigenvalue weighted by molar-refractivity contribution is 0.615. The fourth-order valence-corrected chi connectivity index (χ4v) is 1.77. The summed E-state index contributed by atoms with van der Waals surface area (Å²) in [7, 11) is 0. The zero-order valence-electron chi connectivity index (χ0n) is 8.88. The van der Waals surface area contributed by atoms with Gasteiger partial charge in [-0.05, 0) is 29.8 Å². The predicted octanol–water partition coefficient (Wildman–Crippen LogP) is 3.74. The Hall–Kier alpha value is -1.45. The second kappa shape index (κ2) is 4.82. The van der Waals surface area contributed by atoms with E-state index < -0.39 is 11.6 Å². The monoisotopic (exact) mass is 253 g/mol. The minimum atomic E-state index is -0.545. The fourth-order valence-electron chi connectivity index (χ4n) is 1.61. The second-order valence-electron chi connectivity index (χ2n) is 3.64. The van der Waals surface area contributed by atoms with E-state index in [2.05, 4.69) is 0 Å². The van der Waals surface area contributed by atoms with Crippen molar-refractivity contribution in [2.75, 3.05) is 0 Å². The average Bonchev–Trinajstić information content (AvgIpc) is 2.30. The molecular formula is C13H10ClF2N.